The lowest BCUT2D eigenvalue weighted by Crippen LogP contribution is -2.32. The smallest absolute Gasteiger partial charge is 0.00922 e. The highest BCUT2D eigenvalue weighted by Crippen LogP contribution is 2.20. The van der Waals surface area contributed by atoms with Crippen molar-refractivity contribution in [1.82, 2.24) is 4.90 Å². The van der Waals surface area contributed by atoms with E-state index in [0.717, 1.165) is 19.0 Å². The second-order valence-corrected chi connectivity index (χ2v) is 4.27. The molecule has 2 N–H and O–H groups in total. The van der Waals surface area contributed by atoms with E-state index >= 15 is 0 Å². The molecule has 0 saturated heterocycles. The van der Waals surface area contributed by atoms with Gasteiger partial charge in [-0.3, -0.25) is 0 Å². The van der Waals surface area contributed by atoms with Crippen LogP contribution in [-0.2, 0) is 0 Å². The van der Waals surface area contributed by atoms with Crippen molar-refractivity contribution < 1.29 is 0 Å². The standard InChI is InChI=1S/C11H24N2/c1-13(10-6-9-12)11-7-4-2-3-5-8-11/h11H,2-10,12H2,1H3. The van der Waals surface area contributed by atoms with Crippen LogP contribution in [0, 0.1) is 0 Å². The molecule has 0 aromatic rings. The Morgan fingerprint density at radius 2 is 1.77 bits per heavy atom. The molecule has 0 bridgehead atoms. The molecular formula is C11H24N2. The average Bonchev–Trinajstić information content (AvgIpc) is 2.42. The first kappa shape index (κ1) is 11.0. The largest absolute Gasteiger partial charge is 0.330 e. The van der Waals surface area contributed by atoms with E-state index in [1.807, 2.05) is 0 Å². The van der Waals surface area contributed by atoms with Crippen molar-refractivity contribution in [3.8, 4) is 0 Å². The zero-order valence-electron chi connectivity index (χ0n) is 8.97. The molecule has 0 spiro atoms. The summed E-state index contributed by atoms with van der Waals surface area (Å²) in [6.07, 6.45) is 9.70. The van der Waals surface area contributed by atoms with Crippen LogP contribution in [0.2, 0.25) is 0 Å². The maximum absolute atomic E-state index is 5.51. The molecule has 0 radical (unpaired) electrons. The van der Waals surface area contributed by atoms with Crippen LogP contribution in [0.1, 0.15) is 44.9 Å². The van der Waals surface area contributed by atoms with Crippen LogP contribution in [0.25, 0.3) is 0 Å². The number of hydrogen-bond donors (Lipinski definition) is 1. The van der Waals surface area contributed by atoms with Crippen LogP contribution in [0.15, 0.2) is 0 Å². The fraction of sp³-hybridized carbons (Fsp3) is 1.00. The summed E-state index contributed by atoms with van der Waals surface area (Å²) < 4.78 is 0. The molecule has 78 valence electrons. The molecule has 13 heavy (non-hydrogen) atoms. The molecule has 1 aliphatic rings. The van der Waals surface area contributed by atoms with E-state index in [0.29, 0.717) is 0 Å². The van der Waals surface area contributed by atoms with Gasteiger partial charge in [0.05, 0.1) is 0 Å². The maximum Gasteiger partial charge on any atom is 0.00922 e. The Balaban J connectivity index is 2.22. The molecule has 0 atom stereocenters. The summed E-state index contributed by atoms with van der Waals surface area (Å²) in [7, 11) is 2.26. The topological polar surface area (TPSA) is 29.3 Å². The van der Waals surface area contributed by atoms with E-state index in [-0.39, 0.29) is 0 Å². The van der Waals surface area contributed by atoms with Crippen molar-refractivity contribution in [3.63, 3.8) is 0 Å². The summed E-state index contributed by atoms with van der Waals surface area (Å²) in [6, 6.07) is 0.842. The molecule has 2 nitrogen and oxygen atoms in total. The van der Waals surface area contributed by atoms with Gasteiger partial charge in [-0.25, -0.2) is 0 Å². The van der Waals surface area contributed by atoms with Gasteiger partial charge >= 0.3 is 0 Å². The fourth-order valence-corrected chi connectivity index (χ4v) is 2.22. The highest BCUT2D eigenvalue weighted by molar-refractivity contribution is 4.72. The minimum Gasteiger partial charge on any atom is -0.330 e. The SMILES string of the molecule is CN(CCCN)C1CCCCCC1. The second-order valence-electron chi connectivity index (χ2n) is 4.27. The molecule has 0 amide bonds. The zero-order chi connectivity index (χ0) is 9.52. The highest BCUT2D eigenvalue weighted by atomic mass is 15.1. The molecule has 1 saturated carbocycles. The molecule has 1 aliphatic carbocycles. The predicted octanol–water partition coefficient (Wildman–Crippen LogP) is 1.99. The van der Waals surface area contributed by atoms with Gasteiger partial charge in [0.1, 0.15) is 0 Å². The van der Waals surface area contributed by atoms with Gasteiger partial charge in [-0.05, 0) is 39.4 Å². The van der Waals surface area contributed by atoms with E-state index < -0.39 is 0 Å². The van der Waals surface area contributed by atoms with E-state index in [9.17, 15) is 0 Å². The lowest BCUT2D eigenvalue weighted by atomic mass is 10.1. The van der Waals surface area contributed by atoms with Crippen molar-refractivity contribution in [2.45, 2.75) is 51.0 Å². The van der Waals surface area contributed by atoms with Crippen LogP contribution in [0.3, 0.4) is 0 Å². The van der Waals surface area contributed by atoms with Gasteiger partial charge in [-0.2, -0.15) is 0 Å². The highest BCUT2D eigenvalue weighted by Gasteiger charge is 2.15. The molecule has 1 fully saturated rings. The Hall–Kier alpha value is -0.0800. The molecule has 2 heteroatoms. The van der Waals surface area contributed by atoms with Crippen LogP contribution in [0.5, 0.6) is 0 Å². The first-order chi connectivity index (χ1) is 6.34. The molecule has 0 unspecified atom stereocenters. The molecule has 1 rings (SSSR count). The summed E-state index contributed by atoms with van der Waals surface area (Å²) in [4.78, 5) is 2.51. The zero-order valence-corrected chi connectivity index (χ0v) is 8.97. The van der Waals surface area contributed by atoms with Crippen molar-refractivity contribution in [1.29, 1.82) is 0 Å². The van der Waals surface area contributed by atoms with Gasteiger partial charge in [0.2, 0.25) is 0 Å². The van der Waals surface area contributed by atoms with Crippen LogP contribution in [0.4, 0.5) is 0 Å². The van der Waals surface area contributed by atoms with Crippen LogP contribution < -0.4 is 5.73 Å². The number of nitrogens with zero attached hydrogens (tertiary/aromatic N) is 1. The van der Waals surface area contributed by atoms with Gasteiger partial charge in [-0.1, -0.05) is 25.7 Å². The fourth-order valence-electron chi connectivity index (χ4n) is 2.22. The average molecular weight is 184 g/mol. The molecule has 0 aromatic carbocycles. The maximum atomic E-state index is 5.51. The number of nitrogens with two attached hydrogens (primary N) is 1. The molecule has 0 heterocycles. The number of hydrogen-bond acceptors (Lipinski definition) is 2. The Bertz CT molecular complexity index is 117. The lowest BCUT2D eigenvalue weighted by molar-refractivity contribution is 0.220. The van der Waals surface area contributed by atoms with Crippen molar-refractivity contribution in [2.75, 3.05) is 20.1 Å². The normalized spacial score (nSPS) is 20.5. The minimum atomic E-state index is 0.830. The Morgan fingerprint density at radius 3 is 2.31 bits per heavy atom. The molecular weight excluding hydrogens is 160 g/mol. The van der Waals surface area contributed by atoms with E-state index in [1.165, 1.54) is 45.1 Å². The first-order valence-electron chi connectivity index (χ1n) is 5.75. The number of rotatable bonds is 4. The second kappa shape index (κ2) is 6.39. The van der Waals surface area contributed by atoms with E-state index in [4.69, 9.17) is 5.73 Å². The predicted molar refractivity (Wildman–Crippen MR) is 57.8 cm³/mol. The Morgan fingerprint density at radius 1 is 1.15 bits per heavy atom. The third-order valence-electron chi connectivity index (χ3n) is 3.16. The van der Waals surface area contributed by atoms with Gasteiger partial charge in [0.15, 0.2) is 0 Å². The quantitative estimate of drug-likeness (QED) is 0.677. The lowest BCUT2D eigenvalue weighted by Gasteiger charge is -2.26. The van der Waals surface area contributed by atoms with Crippen LogP contribution in [-0.4, -0.2) is 31.1 Å². The van der Waals surface area contributed by atoms with E-state index in [1.54, 1.807) is 0 Å². The van der Waals surface area contributed by atoms with Crippen LogP contribution >= 0.6 is 0 Å². The molecule has 0 aliphatic heterocycles. The van der Waals surface area contributed by atoms with E-state index in [2.05, 4.69) is 11.9 Å². The summed E-state index contributed by atoms with van der Waals surface area (Å²) in [6.45, 7) is 2.01. The van der Waals surface area contributed by atoms with Crippen molar-refractivity contribution in [2.24, 2.45) is 5.73 Å². The third kappa shape index (κ3) is 4.10. The van der Waals surface area contributed by atoms with Gasteiger partial charge < -0.3 is 10.6 Å². The van der Waals surface area contributed by atoms with Crippen molar-refractivity contribution >= 4 is 0 Å². The summed E-state index contributed by atoms with van der Waals surface area (Å²) >= 11 is 0. The monoisotopic (exact) mass is 184 g/mol. The Labute approximate surface area is 82.5 Å². The van der Waals surface area contributed by atoms with Gasteiger partial charge in [-0.15, -0.1) is 0 Å². The van der Waals surface area contributed by atoms with Gasteiger partial charge in [0.25, 0.3) is 0 Å². The van der Waals surface area contributed by atoms with Gasteiger partial charge in [0, 0.05) is 6.04 Å². The minimum absolute atomic E-state index is 0.830. The summed E-state index contributed by atoms with van der Waals surface area (Å²) in [5, 5.41) is 0. The summed E-state index contributed by atoms with van der Waals surface area (Å²) in [5.41, 5.74) is 5.51. The first-order valence-corrected chi connectivity index (χ1v) is 5.75. The summed E-state index contributed by atoms with van der Waals surface area (Å²) in [5.74, 6) is 0. The third-order valence-corrected chi connectivity index (χ3v) is 3.16. The Kier molecular flexibility index (Phi) is 5.40. The van der Waals surface area contributed by atoms with Crippen molar-refractivity contribution in [3.05, 3.63) is 0 Å². The molecule has 0 aromatic heterocycles.